The highest BCUT2D eigenvalue weighted by molar-refractivity contribution is 7.99. The summed E-state index contributed by atoms with van der Waals surface area (Å²) >= 11 is 1.83. The number of fused-ring (bicyclic) bond motifs is 3. The molecule has 212 valence electrons. The quantitative estimate of drug-likeness (QED) is 0.139. The largest absolute Gasteiger partial charge is 0.166 e. The van der Waals surface area contributed by atoms with Gasteiger partial charge in [0.15, 0.2) is 14.7 Å². The topological polar surface area (TPSA) is 0 Å². The summed E-state index contributed by atoms with van der Waals surface area (Å²) in [4.78, 5) is 6.72. The van der Waals surface area contributed by atoms with Gasteiger partial charge in [-0.2, -0.15) is 0 Å². The molecule has 0 N–H and O–H groups in total. The number of hydrogen-bond acceptors (Lipinski definition) is 1. The van der Waals surface area contributed by atoms with Crippen LogP contribution in [0.15, 0.2) is 146 Å². The fourth-order valence-corrected chi connectivity index (χ4v) is 9.51. The van der Waals surface area contributed by atoms with Gasteiger partial charge in [0.2, 0.25) is 0 Å². The first-order chi connectivity index (χ1) is 20.6. The smallest absolute Gasteiger partial charge is 0.0901 e. The molecule has 0 heterocycles. The zero-order valence-electron chi connectivity index (χ0n) is 25.1. The van der Waals surface area contributed by atoms with Gasteiger partial charge in [-0.15, -0.1) is 0 Å². The van der Waals surface area contributed by atoms with Gasteiger partial charge >= 0.3 is 0 Å². The van der Waals surface area contributed by atoms with E-state index in [9.17, 15) is 0 Å². The van der Waals surface area contributed by atoms with Gasteiger partial charge in [-0.05, 0) is 109 Å². The predicted molar refractivity (Wildman–Crippen MR) is 182 cm³/mol. The van der Waals surface area contributed by atoms with E-state index < -0.39 is 0 Å². The maximum Gasteiger partial charge on any atom is 0.166 e. The second-order valence-corrected chi connectivity index (χ2v) is 14.7. The molecule has 0 nitrogen and oxygen atoms in total. The first-order valence-corrected chi connectivity index (χ1v) is 17.6. The zero-order valence-corrected chi connectivity index (χ0v) is 26.7. The summed E-state index contributed by atoms with van der Waals surface area (Å²) in [5, 5.41) is 0. The lowest BCUT2D eigenvalue weighted by Gasteiger charge is -2.32. The third-order valence-electron chi connectivity index (χ3n) is 8.65. The molecule has 6 rings (SSSR count). The van der Waals surface area contributed by atoms with Gasteiger partial charge in [0.05, 0.1) is 10.9 Å². The van der Waals surface area contributed by atoms with Crippen LogP contribution in [-0.2, 0) is 16.3 Å². The minimum absolute atomic E-state index is 0.0995. The molecule has 0 radical (unpaired) electrons. The molecule has 1 atom stereocenters. The van der Waals surface area contributed by atoms with E-state index in [1.165, 1.54) is 79.7 Å². The lowest BCUT2D eigenvalue weighted by atomic mass is 9.71. The summed E-state index contributed by atoms with van der Waals surface area (Å²) in [6, 6.07) is 45.8. The van der Waals surface area contributed by atoms with Crippen molar-refractivity contribution >= 4 is 22.7 Å². The monoisotopic (exact) mass is 585 g/mol. The van der Waals surface area contributed by atoms with E-state index in [-0.39, 0.29) is 16.3 Å². The number of benzene rings is 5. The van der Waals surface area contributed by atoms with Crippen molar-refractivity contribution in [2.24, 2.45) is 0 Å². The van der Waals surface area contributed by atoms with E-state index in [1.807, 2.05) is 11.8 Å². The molecule has 0 saturated heterocycles. The third-order valence-corrected chi connectivity index (χ3v) is 11.9. The van der Waals surface area contributed by atoms with Crippen LogP contribution >= 0.6 is 11.8 Å². The van der Waals surface area contributed by atoms with Crippen molar-refractivity contribution in [1.29, 1.82) is 0 Å². The fraction of sp³-hybridized carbons (Fsp3) is 0.250. The van der Waals surface area contributed by atoms with E-state index in [4.69, 9.17) is 0 Å². The van der Waals surface area contributed by atoms with Crippen LogP contribution in [0.25, 0.3) is 11.1 Å². The molecule has 0 spiro atoms. The molecule has 1 aliphatic carbocycles. The summed E-state index contributed by atoms with van der Waals surface area (Å²) in [6.45, 7) is 6.91. The molecule has 0 amide bonds. The lowest BCUT2D eigenvalue weighted by Crippen LogP contribution is -2.25. The fourth-order valence-electron chi connectivity index (χ4n) is 6.58. The zero-order chi connectivity index (χ0) is 28.9. The van der Waals surface area contributed by atoms with E-state index >= 15 is 0 Å². The SMILES string of the molecule is CCCCC1(CCCC)c2ccc(C)cc2-c2ccc([S+](c3ccccc3)c3ccc(Sc4ccccc4)cc3)cc21. The molecule has 2 heteroatoms. The Morgan fingerprint density at radius 2 is 1.14 bits per heavy atom. The van der Waals surface area contributed by atoms with Crippen LogP contribution in [0.4, 0.5) is 0 Å². The summed E-state index contributed by atoms with van der Waals surface area (Å²) in [5.74, 6) is 0. The molecule has 0 aromatic heterocycles. The van der Waals surface area contributed by atoms with Crippen LogP contribution in [0, 0.1) is 6.92 Å². The Bertz CT molecular complexity index is 1610. The molecule has 0 fully saturated rings. The highest BCUT2D eigenvalue weighted by Crippen LogP contribution is 2.55. The Balaban J connectivity index is 1.46. The van der Waals surface area contributed by atoms with Crippen molar-refractivity contribution in [1.82, 2.24) is 0 Å². The minimum Gasteiger partial charge on any atom is -0.0901 e. The van der Waals surface area contributed by atoms with Crippen molar-refractivity contribution in [3.8, 4) is 11.1 Å². The number of unbranched alkanes of at least 4 members (excludes halogenated alkanes) is 2. The molecular formula is C40H41S2+. The average Bonchev–Trinajstić information content (AvgIpc) is 3.29. The molecule has 1 unspecified atom stereocenters. The average molecular weight is 586 g/mol. The number of aryl methyl sites for hydroxylation is 1. The summed E-state index contributed by atoms with van der Waals surface area (Å²) < 4.78 is 0. The van der Waals surface area contributed by atoms with Crippen molar-refractivity contribution in [2.45, 2.75) is 89.2 Å². The first kappa shape index (κ1) is 28.9. The molecule has 0 aliphatic heterocycles. The standard InChI is InChI=1S/C40H41S2/c1-4-6-26-40(27-7-5-2)38-25-18-30(3)28-37(38)36-24-23-35(29-39(36)40)42(33-16-12-9-13-17-33)34-21-19-32(20-22-34)41-31-14-10-8-11-15-31/h8-25,28-29H,4-7,26-27H2,1-3H3/q+1. The van der Waals surface area contributed by atoms with Crippen LogP contribution in [0.2, 0.25) is 0 Å². The highest BCUT2D eigenvalue weighted by Gasteiger charge is 2.43. The van der Waals surface area contributed by atoms with E-state index in [1.54, 1.807) is 11.1 Å². The molecule has 5 aromatic carbocycles. The Morgan fingerprint density at radius 1 is 0.548 bits per heavy atom. The van der Waals surface area contributed by atoms with Gasteiger partial charge in [-0.1, -0.05) is 111 Å². The number of hydrogen-bond donors (Lipinski definition) is 0. The van der Waals surface area contributed by atoms with E-state index in [0.29, 0.717) is 0 Å². The second kappa shape index (κ2) is 13.0. The van der Waals surface area contributed by atoms with Crippen LogP contribution in [0.3, 0.4) is 0 Å². The normalized spacial score (nSPS) is 13.9. The first-order valence-electron chi connectivity index (χ1n) is 15.5. The van der Waals surface area contributed by atoms with Crippen molar-refractivity contribution < 1.29 is 0 Å². The minimum atomic E-state index is -0.185. The van der Waals surface area contributed by atoms with Gasteiger partial charge in [0, 0.05) is 15.2 Å². The molecule has 5 aromatic rings. The van der Waals surface area contributed by atoms with Gasteiger partial charge in [0.25, 0.3) is 0 Å². The Hall–Kier alpha value is -3.20. The predicted octanol–water partition coefficient (Wildman–Crippen LogP) is 11.9. The molecule has 1 aliphatic rings. The van der Waals surface area contributed by atoms with Crippen molar-refractivity contribution in [3.63, 3.8) is 0 Å². The van der Waals surface area contributed by atoms with Crippen LogP contribution in [0.5, 0.6) is 0 Å². The third kappa shape index (κ3) is 5.72. The maximum absolute atomic E-state index is 2.61. The summed E-state index contributed by atoms with van der Waals surface area (Å²) in [6.07, 6.45) is 7.41. The molecule has 42 heavy (non-hydrogen) atoms. The number of rotatable bonds is 11. The summed E-state index contributed by atoms with van der Waals surface area (Å²) in [5.41, 5.74) is 7.49. The maximum atomic E-state index is 2.61. The van der Waals surface area contributed by atoms with Gasteiger partial charge in [0.1, 0.15) is 0 Å². The van der Waals surface area contributed by atoms with Crippen LogP contribution in [-0.4, -0.2) is 0 Å². The lowest BCUT2D eigenvalue weighted by molar-refractivity contribution is 0.414. The van der Waals surface area contributed by atoms with Crippen LogP contribution < -0.4 is 0 Å². The van der Waals surface area contributed by atoms with Gasteiger partial charge in [-0.25, -0.2) is 0 Å². The highest BCUT2D eigenvalue weighted by atomic mass is 32.2. The van der Waals surface area contributed by atoms with E-state index in [0.717, 1.165) is 0 Å². The van der Waals surface area contributed by atoms with Gasteiger partial charge < -0.3 is 0 Å². The summed E-state index contributed by atoms with van der Waals surface area (Å²) in [7, 11) is -0.185. The Morgan fingerprint density at radius 3 is 1.81 bits per heavy atom. The van der Waals surface area contributed by atoms with Crippen molar-refractivity contribution in [2.75, 3.05) is 0 Å². The Labute approximate surface area is 260 Å². The molecule has 0 bridgehead atoms. The molecule has 0 saturated carbocycles. The van der Waals surface area contributed by atoms with Crippen LogP contribution in [0.1, 0.15) is 69.1 Å². The van der Waals surface area contributed by atoms with Gasteiger partial charge in [-0.3, -0.25) is 0 Å². The van der Waals surface area contributed by atoms with E-state index in [2.05, 4.69) is 142 Å². The van der Waals surface area contributed by atoms with Crippen molar-refractivity contribution in [3.05, 3.63) is 138 Å². The molecular weight excluding hydrogens is 545 g/mol. The second-order valence-electron chi connectivity index (χ2n) is 11.6. The Kier molecular flexibility index (Phi) is 8.93.